The van der Waals surface area contributed by atoms with Crippen molar-refractivity contribution in [3.8, 4) is 11.5 Å². The number of nitrogens with one attached hydrogen (secondary N) is 1. The Morgan fingerprint density at radius 2 is 1.96 bits per heavy atom. The van der Waals surface area contributed by atoms with Crippen LogP contribution in [0.2, 0.25) is 0 Å². The molecule has 0 saturated carbocycles. The van der Waals surface area contributed by atoms with Gasteiger partial charge in [-0.1, -0.05) is 12.2 Å². The summed E-state index contributed by atoms with van der Waals surface area (Å²) < 4.78 is 10.6. The van der Waals surface area contributed by atoms with Crippen molar-refractivity contribution >= 4 is 22.7 Å². The smallest absolute Gasteiger partial charge is 0.225 e. The summed E-state index contributed by atoms with van der Waals surface area (Å²) in [5, 5.41) is 4.06. The molecular formula is C17H22N4O2. The van der Waals surface area contributed by atoms with Gasteiger partial charge in [0, 0.05) is 18.0 Å². The number of ether oxygens (including phenoxy) is 2. The number of nitrogens with two attached hydrogens (primary N) is 1. The molecule has 2 aromatic rings. The lowest BCUT2D eigenvalue weighted by Crippen LogP contribution is -2.17. The van der Waals surface area contributed by atoms with Gasteiger partial charge in [0.25, 0.3) is 0 Å². The molecule has 6 nitrogen and oxygen atoms in total. The van der Waals surface area contributed by atoms with Gasteiger partial charge >= 0.3 is 0 Å². The molecule has 23 heavy (non-hydrogen) atoms. The van der Waals surface area contributed by atoms with Crippen molar-refractivity contribution in [1.29, 1.82) is 0 Å². The first kappa shape index (κ1) is 15.4. The number of fused-ring (bicyclic) bond motifs is 1. The van der Waals surface area contributed by atoms with Gasteiger partial charge in [-0.2, -0.15) is 4.98 Å². The number of rotatable bonds is 5. The molecule has 122 valence electrons. The molecule has 0 aliphatic heterocycles. The summed E-state index contributed by atoms with van der Waals surface area (Å²) in [4.78, 5) is 8.91. The van der Waals surface area contributed by atoms with Gasteiger partial charge in [-0.05, 0) is 31.2 Å². The van der Waals surface area contributed by atoms with Crippen molar-refractivity contribution in [1.82, 2.24) is 9.97 Å². The van der Waals surface area contributed by atoms with E-state index in [9.17, 15) is 0 Å². The molecule has 1 aromatic carbocycles. The van der Waals surface area contributed by atoms with Gasteiger partial charge in [0.1, 0.15) is 5.82 Å². The Labute approximate surface area is 135 Å². The quantitative estimate of drug-likeness (QED) is 0.826. The molecule has 3 N–H and O–H groups in total. The van der Waals surface area contributed by atoms with Crippen LogP contribution < -0.4 is 20.5 Å². The van der Waals surface area contributed by atoms with Crippen molar-refractivity contribution in [3.05, 3.63) is 24.3 Å². The number of nitrogen functional groups attached to an aromatic ring is 1. The van der Waals surface area contributed by atoms with E-state index in [0.29, 0.717) is 29.2 Å². The van der Waals surface area contributed by atoms with Gasteiger partial charge in [-0.15, -0.1) is 0 Å². The average Bonchev–Trinajstić information content (AvgIpc) is 2.59. The number of anilines is 2. The highest BCUT2D eigenvalue weighted by Gasteiger charge is 2.13. The summed E-state index contributed by atoms with van der Waals surface area (Å²) >= 11 is 0. The van der Waals surface area contributed by atoms with Crippen molar-refractivity contribution in [2.75, 3.05) is 31.8 Å². The van der Waals surface area contributed by atoms with Crippen LogP contribution in [0.15, 0.2) is 24.3 Å². The van der Waals surface area contributed by atoms with Crippen molar-refractivity contribution in [2.45, 2.75) is 19.3 Å². The lowest BCUT2D eigenvalue weighted by molar-refractivity contribution is 0.356. The van der Waals surface area contributed by atoms with Crippen LogP contribution in [0.5, 0.6) is 11.5 Å². The SMILES string of the molecule is COc1cc2nc(NCC3CC=CCC3)nc(N)c2cc1OC. The molecule has 0 radical (unpaired) electrons. The second-order valence-corrected chi connectivity index (χ2v) is 5.69. The normalized spacial score (nSPS) is 17.2. The van der Waals surface area contributed by atoms with Crippen molar-refractivity contribution < 1.29 is 9.47 Å². The standard InChI is InChI=1S/C17H22N4O2/c1-22-14-8-12-13(9-15(14)23-2)20-17(21-16(12)18)19-10-11-6-4-3-5-7-11/h3-4,8-9,11H,5-7,10H2,1-2H3,(H3,18,19,20,21). The zero-order valence-electron chi connectivity index (χ0n) is 13.5. The molecule has 1 aliphatic rings. The fourth-order valence-corrected chi connectivity index (χ4v) is 2.84. The van der Waals surface area contributed by atoms with Gasteiger partial charge in [0.2, 0.25) is 5.95 Å². The zero-order chi connectivity index (χ0) is 16.2. The first-order chi connectivity index (χ1) is 11.2. The van der Waals surface area contributed by atoms with Crippen LogP contribution >= 0.6 is 0 Å². The Balaban J connectivity index is 1.85. The monoisotopic (exact) mass is 314 g/mol. The molecule has 1 heterocycles. The lowest BCUT2D eigenvalue weighted by atomic mass is 9.94. The average molecular weight is 314 g/mol. The minimum atomic E-state index is 0.432. The first-order valence-electron chi connectivity index (χ1n) is 7.79. The minimum Gasteiger partial charge on any atom is -0.493 e. The predicted molar refractivity (Wildman–Crippen MR) is 92.0 cm³/mol. The Morgan fingerprint density at radius 3 is 2.65 bits per heavy atom. The third kappa shape index (κ3) is 3.31. The molecule has 0 fully saturated rings. The van der Waals surface area contributed by atoms with Crippen LogP contribution in [0.4, 0.5) is 11.8 Å². The van der Waals surface area contributed by atoms with E-state index in [4.69, 9.17) is 15.2 Å². The minimum absolute atomic E-state index is 0.432. The molecule has 1 unspecified atom stereocenters. The third-order valence-electron chi connectivity index (χ3n) is 4.16. The van der Waals surface area contributed by atoms with Crippen LogP contribution in [0.1, 0.15) is 19.3 Å². The maximum Gasteiger partial charge on any atom is 0.225 e. The lowest BCUT2D eigenvalue weighted by Gasteiger charge is -2.18. The van der Waals surface area contributed by atoms with Gasteiger partial charge in [-0.25, -0.2) is 4.98 Å². The number of hydrogen-bond acceptors (Lipinski definition) is 6. The second-order valence-electron chi connectivity index (χ2n) is 5.69. The molecule has 3 rings (SSSR count). The molecule has 0 saturated heterocycles. The Hall–Kier alpha value is -2.50. The van der Waals surface area contributed by atoms with Gasteiger partial charge in [-0.3, -0.25) is 0 Å². The van der Waals surface area contributed by atoms with Crippen molar-refractivity contribution in [2.24, 2.45) is 5.92 Å². The molecular weight excluding hydrogens is 292 g/mol. The zero-order valence-corrected chi connectivity index (χ0v) is 13.5. The van der Waals surface area contributed by atoms with Crippen molar-refractivity contribution in [3.63, 3.8) is 0 Å². The summed E-state index contributed by atoms with van der Waals surface area (Å²) in [5.74, 6) is 2.84. The molecule has 0 bridgehead atoms. The largest absolute Gasteiger partial charge is 0.493 e. The van der Waals surface area contributed by atoms with Crippen LogP contribution in [0, 0.1) is 5.92 Å². The highest BCUT2D eigenvalue weighted by Crippen LogP contribution is 2.33. The third-order valence-corrected chi connectivity index (χ3v) is 4.16. The van der Waals surface area contributed by atoms with E-state index in [0.717, 1.165) is 30.3 Å². The van der Waals surface area contributed by atoms with E-state index >= 15 is 0 Å². The fourth-order valence-electron chi connectivity index (χ4n) is 2.84. The summed E-state index contributed by atoms with van der Waals surface area (Å²) in [7, 11) is 3.19. The molecule has 1 aromatic heterocycles. The van der Waals surface area contributed by atoms with Crippen LogP contribution in [-0.2, 0) is 0 Å². The van der Waals surface area contributed by atoms with Gasteiger partial charge < -0.3 is 20.5 Å². The Morgan fingerprint density at radius 1 is 1.17 bits per heavy atom. The van der Waals surface area contributed by atoms with Gasteiger partial charge in [0.05, 0.1) is 19.7 Å². The molecule has 0 amide bonds. The maximum atomic E-state index is 6.08. The van der Waals surface area contributed by atoms with E-state index in [-0.39, 0.29) is 0 Å². The van der Waals surface area contributed by atoms with E-state index in [2.05, 4.69) is 27.4 Å². The number of benzene rings is 1. The topological polar surface area (TPSA) is 82.3 Å². The molecule has 1 atom stereocenters. The second kappa shape index (κ2) is 6.73. The van der Waals surface area contributed by atoms with E-state index in [1.165, 1.54) is 6.42 Å². The Bertz CT molecular complexity index is 730. The summed E-state index contributed by atoms with van der Waals surface area (Å²) in [6, 6.07) is 3.62. The highest BCUT2D eigenvalue weighted by atomic mass is 16.5. The number of nitrogens with zero attached hydrogens (tertiary/aromatic N) is 2. The number of allylic oxidation sites excluding steroid dienone is 2. The summed E-state index contributed by atoms with van der Waals surface area (Å²) in [6.07, 6.45) is 7.91. The van der Waals surface area contributed by atoms with E-state index in [1.54, 1.807) is 20.3 Å². The van der Waals surface area contributed by atoms with Crippen LogP contribution in [-0.4, -0.2) is 30.7 Å². The molecule has 0 spiro atoms. The maximum absolute atomic E-state index is 6.08. The van der Waals surface area contributed by atoms with Gasteiger partial charge in [0.15, 0.2) is 11.5 Å². The summed E-state index contributed by atoms with van der Waals surface area (Å²) in [5.41, 5.74) is 6.82. The molecule has 6 heteroatoms. The van der Waals surface area contributed by atoms with Crippen LogP contribution in [0.3, 0.4) is 0 Å². The highest BCUT2D eigenvalue weighted by molar-refractivity contribution is 5.91. The van der Waals surface area contributed by atoms with E-state index in [1.807, 2.05) is 6.07 Å². The molecule has 1 aliphatic carbocycles. The number of methoxy groups -OCH3 is 2. The number of hydrogen-bond donors (Lipinski definition) is 2. The van der Waals surface area contributed by atoms with Crippen LogP contribution in [0.25, 0.3) is 10.9 Å². The predicted octanol–water partition coefficient (Wildman–Crippen LogP) is 3.00. The van der Waals surface area contributed by atoms with E-state index < -0.39 is 0 Å². The fraction of sp³-hybridized carbons (Fsp3) is 0.412. The number of aromatic nitrogens is 2. The summed E-state index contributed by atoms with van der Waals surface area (Å²) in [6.45, 7) is 0.850. The first-order valence-corrected chi connectivity index (χ1v) is 7.79. The Kier molecular flexibility index (Phi) is 4.50.